The maximum absolute atomic E-state index is 13.1. The molecule has 140 valence electrons. The molecular formula is C19H15F2NO4S. The summed E-state index contributed by atoms with van der Waals surface area (Å²) in [6, 6.07) is 12.3. The predicted molar refractivity (Wildman–Crippen MR) is 93.8 cm³/mol. The number of rotatable bonds is 6. The van der Waals surface area contributed by atoms with Gasteiger partial charge in [-0.1, -0.05) is 0 Å². The van der Waals surface area contributed by atoms with Crippen molar-refractivity contribution >= 4 is 15.7 Å². The van der Waals surface area contributed by atoms with Gasteiger partial charge in [0, 0.05) is 12.1 Å². The number of benzene rings is 2. The van der Waals surface area contributed by atoms with Gasteiger partial charge in [-0.25, -0.2) is 17.2 Å². The van der Waals surface area contributed by atoms with Crippen LogP contribution < -0.4 is 5.32 Å². The molecular weight excluding hydrogens is 376 g/mol. The Balaban J connectivity index is 1.85. The third kappa shape index (κ3) is 4.22. The van der Waals surface area contributed by atoms with E-state index in [1.807, 2.05) is 0 Å². The van der Waals surface area contributed by atoms with Crippen molar-refractivity contribution in [1.29, 1.82) is 0 Å². The summed E-state index contributed by atoms with van der Waals surface area (Å²) in [7, 11) is -3.96. The summed E-state index contributed by atoms with van der Waals surface area (Å²) >= 11 is 0. The predicted octanol–water partition coefficient (Wildman–Crippen LogP) is 3.50. The molecule has 0 radical (unpaired) electrons. The maximum atomic E-state index is 13.1. The van der Waals surface area contributed by atoms with Gasteiger partial charge >= 0.3 is 0 Å². The number of hydrogen-bond donors (Lipinski definition) is 1. The summed E-state index contributed by atoms with van der Waals surface area (Å²) in [5.41, 5.74) is 0.189. The highest BCUT2D eigenvalue weighted by molar-refractivity contribution is 7.91. The number of carbonyl (C=O) groups is 1. The van der Waals surface area contributed by atoms with Crippen LogP contribution in [0.15, 0.2) is 76.2 Å². The zero-order valence-electron chi connectivity index (χ0n) is 13.9. The van der Waals surface area contributed by atoms with Gasteiger partial charge in [0.05, 0.1) is 11.2 Å². The SMILES string of the molecule is O=C(NCC(c1ccco1)S(=O)(=O)c1ccc(F)cc1)c1ccc(F)cc1. The summed E-state index contributed by atoms with van der Waals surface area (Å²) < 4.78 is 57.2. The molecule has 1 unspecified atom stereocenters. The first-order valence-electron chi connectivity index (χ1n) is 7.94. The highest BCUT2D eigenvalue weighted by atomic mass is 32.2. The van der Waals surface area contributed by atoms with Crippen LogP contribution in [0.4, 0.5) is 8.78 Å². The molecule has 1 amide bonds. The molecule has 0 aliphatic heterocycles. The summed E-state index contributed by atoms with van der Waals surface area (Å²) in [5.74, 6) is -1.47. The van der Waals surface area contributed by atoms with Crippen LogP contribution in [0.3, 0.4) is 0 Å². The van der Waals surface area contributed by atoms with E-state index in [2.05, 4.69) is 5.32 Å². The van der Waals surface area contributed by atoms with Gasteiger partial charge in [0.15, 0.2) is 9.84 Å². The Morgan fingerprint density at radius 3 is 2.11 bits per heavy atom. The van der Waals surface area contributed by atoms with Crippen molar-refractivity contribution in [2.24, 2.45) is 0 Å². The molecule has 0 aliphatic rings. The van der Waals surface area contributed by atoms with E-state index in [0.717, 1.165) is 36.4 Å². The smallest absolute Gasteiger partial charge is 0.251 e. The second kappa shape index (κ2) is 7.71. The van der Waals surface area contributed by atoms with E-state index in [1.165, 1.54) is 30.5 Å². The van der Waals surface area contributed by atoms with Crippen LogP contribution in [0.2, 0.25) is 0 Å². The van der Waals surface area contributed by atoms with Gasteiger partial charge in [0.2, 0.25) is 0 Å². The highest BCUT2D eigenvalue weighted by Crippen LogP contribution is 2.29. The lowest BCUT2D eigenvalue weighted by molar-refractivity contribution is 0.0953. The number of carbonyl (C=O) groups excluding carboxylic acids is 1. The molecule has 0 spiro atoms. The average molecular weight is 391 g/mol. The fourth-order valence-electron chi connectivity index (χ4n) is 2.51. The highest BCUT2D eigenvalue weighted by Gasteiger charge is 2.32. The number of furan rings is 1. The first-order chi connectivity index (χ1) is 12.9. The third-order valence-corrected chi connectivity index (χ3v) is 6.01. The molecule has 1 N–H and O–H groups in total. The average Bonchev–Trinajstić information content (AvgIpc) is 3.16. The second-order valence-electron chi connectivity index (χ2n) is 5.72. The summed E-state index contributed by atoms with van der Waals surface area (Å²) in [5, 5.41) is 1.31. The number of hydrogen-bond acceptors (Lipinski definition) is 4. The van der Waals surface area contributed by atoms with E-state index in [-0.39, 0.29) is 22.8 Å². The van der Waals surface area contributed by atoms with Crippen LogP contribution in [0.1, 0.15) is 21.4 Å². The van der Waals surface area contributed by atoms with Gasteiger partial charge < -0.3 is 9.73 Å². The summed E-state index contributed by atoms with van der Waals surface area (Å²) in [4.78, 5) is 12.1. The lowest BCUT2D eigenvalue weighted by atomic mass is 10.2. The molecule has 0 saturated heterocycles. The van der Waals surface area contributed by atoms with Gasteiger partial charge in [-0.2, -0.15) is 0 Å². The molecule has 1 heterocycles. The quantitative estimate of drug-likeness (QED) is 0.653. The molecule has 8 heteroatoms. The van der Waals surface area contributed by atoms with Crippen molar-refractivity contribution in [2.75, 3.05) is 6.54 Å². The fourth-order valence-corrected chi connectivity index (χ4v) is 4.10. The number of nitrogens with one attached hydrogen (secondary N) is 1. The Hall–Kier alpha value is -3.00. The molecule has 3 rings (SSSR count). The minimum absolute atomic E-state index is 0.0960. The Bertz CT molecular complexity index is 1010. The van der Waals surface area contributed by atoms with Crippen molar-refractivity contribution in [3.63, 3.8) is 0 Å². The van der Waals surface area contributed by atoms with E-state index in [0.29, 0.717) is 0 Å². The van der Waals surface area contributed by atoms with Crippen LogP contribution >= 0.6 is 0 Å². The molecule has 5 nitrogen and oxygen atoms in total. The van der Waals surface area contributed by atoms with Crippen molar-refractivity contribution in [1.82, 2.24) is 5.32 Å². The number of sulfone groups is 1. The minimum atomic E-state index is -3.96. The van der Waals surface area contributed by atoms with E-state index in [1.54, 1.807) is 0 Å². The van der Waals surface area contributed by atoms with Gasteiger partial charge in [-0.05, 0) is 60.7 Å². The van der Waals surface area contributed by atoms with Crippen LogP contribution in [0.5, 0.6) is 0 Å². The van der Waals surface area contributed by atoms with Crippen molar-refractivity contribution < 1.29 is 26.4 Å². The van der Waals surface area contributed by atoms with Gasteiger partial charge in [0.1, 0.15) is 22.6 Å². The van der Waals surface area contributed by atoms with Crippen molar-refractivity contribution in [3.8, 4) is 0 Å². The van der Waals surface area contributed by atoms with E-state index < -0.39 is 32.6 Å². The molecule has 27 heavy (non-hydrogen) atoms. The first-order valence-corrected chi connectivity index (χ1v) is 9.49. The topological polar surface area (TPSA) is 76.4 Å². The molecule has 0 bridgehead atoms. The fraction of sp³-hybridized carbons (Fsp3) is 0.105. The van der Waals surface area contributed by atoms with E-state index in [9.17, 15) is 22.0 Å². The molecule has 1 atom stereocenters. The van der Waals surface area contributed by atoms with Crippen LogP contribution in [-0.4, -0.2) is 20.9 Å². The monoisotopic (exact) mass is 391 g/mol. The minimum Gasteiger partial charge on any atom is -0.468 e. The molecule has 0 saturated carbocycles. The lowest BCUT2D eigenvalue weighted by Crippen LogP contribution is -2.31. The third-order valence-electron chi connectivity index (χ3n) is 3.93. The number of amides is 1. The Labute approximate surface area is 154 Å². The van der Waals surface area contributed by atoms with Crippen LogP contribution in [0.25, 0.3) is 0 Å². The normalized spacial score (nSPS) is 12.5. The van der Waals surface area contributed by atoms with Gasteiger partial charge in [-0.15, -0.1) is 0 Å². The number of halogens is 2. The molecule has 3 aromatic rings. The Morgan fingerprint density at radius 1 is 0.963 bits per heavy atom. The zero-order chi connectivity index (χ0) is 19.4. The van der Waals surface area contributed by atoms with Crippen molar-refractivity contribution in [2.45, 2.75) is 10.1 Å². The summed E-state index contributed by atoms with van der Waals surface area (Å²) in [6.07, 6.45) is 1.32. The lowest BCUT2D eigenvalue weighted by Gasteiger charge is -2.17. The standard InChI is InChI=1S/C19H15F2NO4S/c20-14-5-3-13(4-6-14)19(23)22-12-18(17-2-1-11-26-17)27(24,25)16-9-7-15(21)8-10-16/h1-11,18H,12H2,(H,22,23). The summed E-state index contributed by atoms with van der Waals surface area (Å²) in [6.45, 7) is -0.274. The molecule has 2 aromatic carbocycles. The van der Waals surface area contributed by atoms with Crippen LogP contribution in [0, 0.1) is 11.6 Å². The molecule has 0 aliphatic carbocycles. The largest absolute Gasteiger partial charge is 0.468 e. The van der Waals surface area contributed by atoms with Gasteiger partial charge in [0.25, 0.3) is 5.91 Å². The first kappa shape index (κ1) is 18.8. The van der Waals surface area contributed by atoms with Crippen molar-refractivity contribution in [3.05, 3.63) is 89.9 Å². The zero-order valence-corrected chi connectivity index (χ0v) is 14.7. The maximum Gasteiger partial charge on any atom is 0.251 e. The molecule has 0 fully saturated rings. The van der Waals surface area contributed by atoms with Crippen LogP contribution in [-0.2, 0) is 9.84 Å². The second-order valence-corrected chi connectivity index (χ2v) is 7.85. The van der Waals surface area contributed by atoms with E-state index in [4.69, 9.17) is 4.42 Å². The Morgan fingerprint density at radius 2 is 1.56 bits per heavy atom. The van der Waals surface area contributed by atoms with Gasteiger partial charge in [-0.3, -0.25) is 4.79 Å². The Kier molecular flexibility index (Phi) is 5.36. The van der Waals surface area contributed by atoms with E-state index >= 15 is 0 Å². The molecule has 1 aromatic heterocycles.